The normalized spacial score (nSPS) is 17.6. The van der Waals surface area contributed by atoms with Crippen LogP contribution in [0.1, 0.15) is 62.2 Å². The molecular formula is C23H24BClF4N2. The lowest BCUT2D eigenvalue weighted by Crippen LogP contribution is -2.51. The van der Waals surface area contributed by atoms with E-state index in [2.05, 4.69) is 0 Å². The highest BCUT2D eigenvalue weighted by Gasteiger charge is 2.57. The van der Waals surface area contributed by atoms with Crippen LogP contribution in [-0.2, 0) is 6.42 Å². The molecule has 0 bridgehead atoms. The van der Waals surface area contributed by atoms with Crippen molar-refractivity contribution in [2.24, 2.45) is 0 Å². The second-order valence-electron chi connectivity index (χ2n) is 8.20. The van der Waals surface area contributed by atoms with Crippen molar-refractivity contribution in [2.75, 3.05) is 0 Å². The zero-order valence-corrected chi connectivity index (χ0v) is 19.2. The molecule has 1 aromatic carbocycles. The fourth-order valence-electron chi connectivity index (χ4n) is 5.47. The minimum Gasteiger partial charge on any atom is -0.393 e. The standard InChI is InChI=1S/C23H24BClF4N2/c1-7-15-11(3)22-20(19-17(26)9-10-18(27)21(19)25)23-12(4)16(8-2)14(6)31(23)24(28,29)30(22)13(15)5/h9-10H,7-8H2,1-6H3. The molecule has 2 aromatic rings. The fourth-order valence-corrected chi connectivity index (χ4v) is 5.72. The van der Waals surface area contributed by atoms with Crippen LogP contribution < -0.4 is 0 Å². The molecule has 31 heavy (non-hydrogen) atoms. The summed E-state index contributed by atoms with van der Waals surface area (Å²) in [5, 5.41) is -0.404. The smallest absolute Gasteiger partial charge is 0.393 e. The molecule has 0 spiro atoms. The van der Waals surface area contributed by atoms with Gasteiger partial charge >= 0.3 is 6.97 Å². The van der Waals surface area contributed by atoms with Gasteiger partial charge in [-0.1, -0.05) is 25.4 Å². The summed E-state index contributed by atoms with van der Waals surface area (Å²) in [7, 11) is 0. The molecule has 0 unspecified atom stereocenters. The van der Waals surface area contributed by atoms with Gasteiger partial charge in [-0.3, -0.25) is 0 Å². The van der Waals surface area contributed by atoms with Crippen LogP contribution in [0.2, 0.25) is 5.02 Å². The molecule has 0 atom stereocenters. The van der Waals surface area contributed by atoms with E-state index < -0.39 is 23.6 Å². The van der Waals surface area contributed by atoms with Crippen LogP contribution >= 0.6 is 11.6 Å². The first kappa shape index (κ1) is 21.9. The zero-order chi connectivity index (χ0) is 23.0. The van der Waals surface area contributed by atoms with Gasteiger partial charge in [0, 0.05) is 29.3 Å². The van der Waals surface area contributed by atoms with E-state index in [0.717, 1.165) is 32.2 Å². The van der Waals surface area contributed by atoms with Gasteiger partial charge in [0.15, 0.2) is 5.70 Å². The third-order valence-electron chi connectivity index (χ3n) is 6.79. The van der Waals surface area contributed by atoms with Crippen LogP contribution in [0.5, 0.6) is 0 Å². The zero-order valence-electron chi connectivity index (χ0n) is 18.4. The van der Waals surface area contributed by atoms with Gasteiger partial charge in [0.05, 0.1) is 10.6 Å². The molecule has 0 radical (unpaired) electrons. The number of halogens is 5. The summed E-state index contributed by atoms with van der Waals surface area (Å²) in [4.78, 5) is 0. The Morgan fingerprint density at radius 2 is 1.61 bits per heavy atom. The Kier molecular flexibility index (Phi) is 5.04. The van der Waals surface area contributed by atoms with E-state index in [4.69, 9.17) is 11.6 Å². The Hall–Kier alpha value is -2.28. The molecule has 2 nitrogen and oxygen atoms in total. The van der Waals surface area contributed by atoms with Crippen molar-refractivity contribution in [2.45, 2.75) is 54.4 Å². The third-order valence-corrected chi connectivity index (χ3v) is 7.16. The van der Waals surface area contributed by atoms with Crippen LogP contribution in [0, 0.1) is 25.5 Å². The van der Waals surface area contributed by atoms with Crippen LogP contribution in [0.25, 0.3) is 5.57 Å². The summed E-state index contributed by atoms with van der Waals surface area (Å²) < 4.78 is 63.9. The van der Waals surface area contributed by atoms with Crippen molar-refractivity contribution < 1.29 is 21.9 Å². The highest BCUT2D eigenvalue weighted by atomic mass is 35.5. The van der Waals surface area contributed by atoms with Gasteiger partial charge in [0.2, 0.25) is 0 Å². The van der Waals surface area contributed by atoms with Gasteiger partial charge in [-0.15, -0.1) is 0 Å². The lowest BCUT2D eigenvalue weighted by molar-refractivity contribution is -0.363. The minimum absolute atomic E-state index is 0.179. The SMILES string of the molecule is CCC1=C(C)C2=C(c3c(F)ccc(F)c3Cl)c3c(C)c(CC)c(C)n3[B-](F)(F)[N+]2=C1C. The Balaban J connectivity index is 2.30. The van der Waals surface area contributed by atoms with E-state index in [-0.39, 0.29) is 22.5 Å². The third kappa shape index (κ3) is 2.68. The maximum absolute atomic E-state index is 16.1. The Labute approximate surface area is 184 Å². The Bertz CT molecular complexity index is 1250. The van der Waals surface area contributed by atoms with Crippen molar-refractivity contribution in [3.05, 3.63) is 73.7 Å². The van der Waals surface area contributed by atoms with Crippen LogP contribution in [0.4, 0.5) is 17.4 Å². The number of nitrogens with zero attached hydrogens (tertiary/aromatic N) is 2. The summed E-state index contributed by atoms with van der Waals surface area (Å²) >= 11 is 6.26. The average Bonchev–Trinajstić information content (AvgIpc) is 3.12. The molecule has 0 aliphatic carbocycles. The number of rotatable bonds is 3. The summed E-state index contributed by atoms with van der Waals surface area (Å²) in [5.74, 6) is -1.54. The first-order chi connectivity index (χ1) is 14.5. The second kappa shape index (κ2) is 7.12. The lowest BCUT2D eigenvalue weighted by Gasteiger charge is -2.34. The van der Waals surface area contributed by atoms with Crippen LogP contribution in [0.3, 0.4) is 0 Å². The second-order valence-corrected chi connectivity index (χ2v) is 8.58. The number of allylic oxidation sites excluding steroid dienone is 2. The fraction of sp³-hybridized carbons (Fsp3) is 0.348. The summed E-state index contributed by atoms with van der Waals surface area (Å²) in [6.07, 6.45) is 1.09. The Morgan fingerprint density at radius 3 is 2.19 bits per heavy atom. The average molecular weight is 451 g/mol. The number of aromatic nitrogens is 1. The number of benzene rings is 1. The monoisotopic (exact) mass is 450 g/mol. The quantitative estimate of drug-likeness (QED) is 0.276. The van der Waals surface area contributed by atoms with Crippen molar-refractivity contribution >= 4 is 29.9 Å². The predicted molar refractivity (Wildman–Crippen MR) is 118 cm³/mol. The first-order valence-corrected chi connectivity index (χ1v) is 10.8. The summed E-state index contributed by atoms with van der Waals surface area (Å²) in [6.45, 7) is 6.39. The molecule has 0 saturated heterocycles. The van der Waals surface area contributed by atoms with Gasteiger partial charge in [-0.2, -0.15) is 0 Å². The molecule has 3 heterocycles. The summed E-state index contributed by atoms with van der Waals surface area (Å²) in [5.41, 5.74) is 4.15. The molecule has 8 heteroatoms. The molecule has 0 fully saturated rings. The molecule has 1 aromatic heterocycles. The highest BCUT2D eigenvalue weighted by Crippen LogP contribution is 2.49. The molecule has 2 aliphatic rings. The van der Waals surface area contributed by atoms with Crippen molar-refractivity contribution in [3.8, 4) is 0 Å². The van der Waals surface area contributed by atoms with Crippen LogP contribution in [0.15, 0.2) is 29.0 Å². The van der Waals surface area contributed by atoms with Crippen molar-refractivity contribution in [1.82, 2.24) is 4.48 Å². The van der Waals surface area contributed by atoms with Gasteiger partial charge < -0.3 is 17.6 Å². The molecule has 0 N–H and O–H groups in total. The van der Waals surface area contributed by atoms with Crippen LogP contribution in [-0.4, -0.2) is 21.6 Å². The maximum atomic E-state index is 16.1. The number of hydrogen-bond donors (Lipinski definition) is 0. The highest BCUT2D eigenvalue weighted by molar-refractivity contribution is 6.58. The molecule has 0 amide bonds. The molecule has 0 saturated carbocycles. The largest absolute Gasteiger partial charge is 0.737 e. The van der Waals surface area contributed by atoms with Gasteiger partial charge in [-0.05, 0) is 62.6 Å². The molecule has 164 valence electrons. The minimum atomic E-state index is -4.23. The molecular weight excluding hydrogens is 427 g/mol. The Morgan fingerprint density at radius 1 is 1.00 bits per heavy atom. The van der Waals surface area contributed by atoms with E-state index in [9.17, 15) is 4.39 Å². The number of fused-ring (bicyclic) bond motifs is 2. The van der Waals surface area contributed by atoms with E-state index >= 15 is 13.0 Å². The van der Waals surface area contributed by atoms with Gasteiger partial charge in [-0.25, -0.2) is 8.78 Å². The molecule has 4 rings (SSSR count). The van der Waals surface area contributed by atoms with Crippen molar-refractivity contribution in [1.29, 1.82) is 0 Å². The predicted octanol–water partition coefficient (Wildman–Crippen LogP) is 6.81. The van der Waals surface area contributed by atoms with Gasteiger partial charge in [0.1, 0.15) is 17.3 Å². The van der Waals surface area contributed by atoms with Gasteiger partial charge in [0.25, 0.3) is 0 Å². The van der Waals surface area contributed by atoms with E-state index in [1.165, 1.54) is 0 Å². The van der Waals surface area contributed by atoms with Crippen molar-refractivity contribution in [3.63, 3.8) is 0 Å². The summed E-state index contributed by atoms with van der Waals surface area (Å²) in [6, 6.07) is 1.94. The van der Waals surface area contributed by atoms with E-state index in [1.54, 1.807) is 27.7 Å². The maximum Gasteiger partial charge on any atom is 0.737 e. The number of hydrogen-bond acceptors (Lipinski definition) is 0. The van der Waals surface area contributed by atoms with E-state index in [1.807, 2.05) is 13.8 Å². The lowest BCUT2D eigenvalue weighted by atomic mass is 9.83. The molecule has 2 aliphatic heterocycles. The first-order valence-electron chi connectivity index (χ1n) is 10.4. The topological polar surface area (TPSA) is 7.94 Å². The van der Waals surface area contributed by atoms with E-state index in [0.29, 0.717) is 35.4 Å².